The fraction of sp³-hybridized carbons (Fsp3) is 0.316. The number of nitrogens with zero attached hydrogens (tertiary/aromatic N) is 3. The van der Waals surface area contributed by atoms with Crippen LogP contribution >= 0.6 is 11.3 Å². The van der Waals surface area contributed by atoms with Crippen molar-refractivity contribution in [3.05, 3.63) is 53.2 Å². The van der Waals surface area contributed by atoms with Gasteiger partial charge in [0.2, 0.25) is 5.82 Å². The zero-order chi connectivity index (χ0) is 20.4. The molecule has 1 amide bonds. The zero-order valence-electron chi connectivity index (χ0n) is 15.1. The van der Waals surface area contributed by atoms with E-state index < -0.39 is 17.6 Å². The number of alkyl halides is 3. The summed E-state index contributed by atoms with van der Waals surface area (Å²) in [4.78, 5) is 17.5. The molecule has 0 spiro atoms. The van der Waals surface area contributed by atoms with Gasteiger partial charge in [-0.3, -0.25) is 4.79 Å². The van der Waals surface area contributed by atoms with Gasteiger partial charge in [-0.2, -0.15) is 13.2 Å². The van der Waals surface area contributed by atoms with Crippen LogP contribution in [0.25, 0.3) is 16.4 Å². The molecular weight excluding hydrogens is 405 g/mol. The predicted molar refractivity (Wildman–Crippen MR) is 101 cm³/mol. The van der Waals surface area contributed by atoms with Gasteiger partial charge in [-0.1, -0.05) is 12.1 Å². The lowest BCUT2D eigenvalue weighted by Crippen LogP contribution is -2.32. The second kappa shape index (κ2) is 7.96. The van der Waals surface area contributed by atoms with Crippen molar-refractivity contribution in [2.24, 2.45) is 0 Å². The number of carbonyl (C=O) groups excluding carboxylic acids is 1. The summed E-state index contributed by atoms with van der Waals surface area (Å²) in [6.07, 6.45) is -2.71. The Morgan fingerprint density at radius 2 is 2.17 bits per heavy atom. The zero-order valence-corrected chi connectivity index (χ0v) is 16.0. The SMILES string of the molecule is O=C(NC[C@H]1CCCO1)c1nc(-c2cccs2)n(-c2cccc(C(F)(F)F)c2)n1. The Hall–Kier alpha value is -2.72. The lowest BCUT2D eigenvalue weighted by atomic mass is 10.2. The summed E-state index contributed by atoms with van der Waals surface area (Å²) < 4.78 is 46.1. The molecule has 1 aliphatic heterocycles. The lowest BCUT2D eigenvalue weighted by molar-refractivity contribution is -0.137. The lowest BCUT2D eigenvalue weighted by Gasteiger charge is -2.10. The normalized spacial score (nSPS) is 16.9. The minimum absolute atomic E-state index is 0.0405. The number of amides is 1. The van der Waals surface area contributed by atoms with E-state index in [0.29, 0.717) is 23.9 Å². The third kappa shape index (κ3) is 4.33. The number of thiophene rings is 1. The first-order valence-corrected chi connectivity index (χ1v) is 9.88. The first-order chi connectivity index (χ1) is 13.9. The molecule has 0 radical (unpaired) electrons. The Labute approximate surface area is 168 Å². The molecule has 1 saturated heterocycles. The van der Waals surface area contributed by atoms with Gasteiger partial charge in [-0.05, 0) is 42.5 Å². The van der Waals surface area contributed by atoms with Crippen molar-refractivity contribution in [2.75, 3.05) is 13.2 Å². The third-order valence-corrected chi connectivity index (χ3v) is 5.35. The van der Waals surface area contributed by atoms with Crippen LogP contribution in [0.4, 0.5) is 13.2 Å². The quantitative estimate of drug-likeness (QED) is 0.677. The Morgan fingerprint density at radius 1 is 1.31 bits per heavy atom. The number of nitrogens with one attached hydrogen (secondary N) is 1. The molecule has 0 aliphatic carbocycles. The van der Waals surface area contributed by atoms with E-state index in [0.717, 1.165) is 25.0 Å². The number of hydrogen-bond acceptors (Lipinski definition) is 5. The van der Waals surface area contributed by atoms with E-state index >= 15 is 0 Å². The monoisotopic (exact) mass is 422 g/mol. The molecule has 1 fully saturated rings. The summed E-state index contributed by atoms with van der Waals surface area (Å²) >= 11 is 1.36. The average Bonchev–Trinajstić information content (AvgIpc) is 3.46. The molecule has 1 aliphatic rings. The highest BCUT2D eigenvalue weighted by Gasteiger charge is 2.31. The fourth-order valence-electron chi connectivity index (χ4n) is 3.06. The molecular formula is C19H17F3N4O2S. The van der Waals surface area contributed by atoms with Crippen molar-refractivity contribution < 1.29 is 22.7 Å². The van der Waals surface area contributed by atoms with Crippen LogP contribution in [0, 0.1) is 0 Å². The number of ether oxygens (including phenoxy) is 1. The Morgan fingerprint density at radius 3 is 2.86 bits per heavy atom. The van der Waals surface area contributed by atoms with Crippen LogP contribution in [-0.4, -0.2) is 39.9 Å². The van der Waals surface area contributed by atoms with Crippen molar-refractivity contribution in [1.82, 2.24) is 20.1 Å². The maximum absolute atomic E-state index is 13.1. The summed E-state index contributed by atoms with van der Waals surface area (Å²) in [5.74, 6) is -0.297. The smallest absolute Gasteiger partial charge is 0.376 e. The number of aromatic nitrogens is 3. The summed E-state index contributed by atoms with van der Waals surface area (Å²) in [6.45, 7) is 1.01. The second-order valence-corrected chi connectivity index (χ2v) is 7.49. The summed E-state index contributed by atoms with van der Waals surface area (Å²) in [6, 6.07) is 8.33. The van der Waals surface area contributed by atoms with Crippen molar-refractivity contribution in [1.29, 1.82) is 0 Å². The van der Waals surface area contributed by atoms with E-state index in [1.54, 1.807) is 12.1 Å². The molecule has 3 aromatic rings. The van der Waals surface area contributed by atoms with Gasteiger partial charge in [0.25, 0.3) is 5.91 Å². The topological polar surface area (TPSA) is 69.0 Å². The van der Waals surface area contributed by atoms with E-state index in [9.17, 15) is 18.0 Å². The van der Waals surface area contributed by atoms with Crippen LogP contribution in [0.5, 0.6) is 0 Å². The number of rotatable bonds is 5. The van der Waals surface area contributed by atoms with Gasteiger partial charge < -0.3 is 10.1 Å². The fourth-order valence-corrected chi connectivity index (χ4v) is 3.76. The van der Waals surface area contributed by atoms with Crippen molar-refractivity contribution >= 4 is 17.2 Å². The average molecular weight is 422 g/mol. The van der Waals surface area contributed by atoms with E-state index in [2.05, 4.69) is 15.4 Å². The molecule has 10 heteroatoms. The summed E-state index contributed by atoms with van der Waals surface area (Å²) in [7, 11) is 0. The van der Waals surface area contributed by atoms with Crippen molar-refractivity contribution in [2.45, 2.75) is 25.1 Å². The highest BCUT2D eigenvalue weighted by Crippen LogP contribution is 2.32. The van der Waals surface area contributed by atoms with E-state index in [1.807, 2.05) is 5.38 Å². The van der Waals surface area contributed by atoms with Crippen LogP contribution in [0.3, 0.4) is 0 Å². The highest BCUT2D eigenvalue weighted by atomic mass is 32.1. The van der Waals surface area contributed by atoms with Crippen LogP contribution in [0.1, 0.15) is 29.0 Å². The molecule has 0 bridgehead atoms. The Kier molecular flexibility index (Phi) is 5.37. The molecule has 4 rings (SSSR count). The number of benzene rings is 1. The van der Waals surface area contributed by atoms with Crippen LogP contribution < -0.4 is 5.32 Å². The molecule has 1 aromatic carbocycles. The molecule has 152 valence electrons. The van der Waals surface area contributed by atoms with Gasteiger partial charge in [0.15, 0.2) is 5.82 Å². The molecule has 0 unspecified atom stereocenters. The van der Waals surface area contributed by atoms with Gasteiger partial charge in [0.1, 0.15) is 0 Å². The first-order valence-electron chi connectivity index (χ1n) is 9.00. The molecule has 29 heavy (non-hydrogen) atoms. The van der Waals surface area contributed by atoms with Gasteiger partial charge in [0, 0.05) is 13.2 Å². The molecule has 1 N–H and O–H groups in total. The van der Waals surface area contributed by atoms with E-state index in [4.69, 9.17) is 4.74 Å². The number of carbonyl (C=O) groups is 1. The van der Waals surface area contributed by atoms with Gasteiger partial charge in [-0.25, -0.2) is 9.67 Å². The van der Waals surface area contributed by atoms with Crippen LogP contribution in [0.15, 0.2) is 41.8 Å². The molecule has 2 aromatic heterocycles. The second-order valence-electron chi connectivity index (χ2n) is 6.54. The standard InChI is InChI=1S/C19H17F3N4O2S/c20-19(21,22)12-4-1-5-13(10-12)26-17(15-7-3-9-29-15)24-16(25-26)18(27)23-11-14-6-2-8-28-14/h1,3-5,7,9-10,14H,2,6,8,11H2,(H,23,27)/t14-/m1/s1. The predicted octanol–water partition coefficient (Wildman–Crippen LogP) is 3.92. The third-order valence-electron chi connectivity index (χ3n) is 4.48. The van der Waals surface area contributed by atoms with Gasteiger partial charge in [-0.15, -0.1) is 16.4 Å². The Balaban J connectivity index is 1.67. The summed E-state index contributed by atoms with van der Waals surface area (Å²) in [5, 5.41) is 8.75. The highest BCUT2D eigenvalue weighted by molar-refractivity contribution is 7.13. The van der Waals surface area contributed by atoms with Crippen LogP contribution in [-0.2, 0) is 10.9 Å². The van der Waals surface area contributed by atoms with E-state index in [1.165, 1.54) is 28.2 Å². The molecule has 3 heterocycles. The number of halogens is 3. The maximum Gasteiger partial charge on any atom is 0.416 e. The largest absolute Gasteiger partial charge is 0.416 e. The van der Waals surface area contributed by atoms with E-state index in [-0.39, 0.29) is 17.6 Å². The van der Waals surface area contributed by atoms with Gasteiger partial charge >= 0.3 is 6.18 Å². The maximum atomic E-state index is 13.1. The van der Waals surface area contributed by atoms with Crippen molar-refractivity contribution in [3.8, 4) is 16.4 Å². The van der Waals surface area contributed by atoms with Gasteiger partial charge in [0.05, 0.1) is 22.2 Å². The minimum Gasteiger partial charge on any atom is -0.376 e. The van der Waals surface area contributed by atoms with Crippen LogP contribution in [0.2, 0.25) is 0 Å². The van der Waals surface area contributed by atoms with Crippen molar-refractivity contribution in [3.63, 3.8) is 0 Å². The first kappa shape index (κ1) is 19.6. The molecule has 0 saturated carbocycles. The number of hydrogen-bond donors (Lipinski definition) is 1. The summed E-state index contributed by atoms with van der Waals surface area (Å²) in [5.41, 5.74) is -0.624. The molecule has 6 nitrogen and oxygen atoms in total. The molecule has 1 atom stereocenters. The minimum atomic E-state index is -4.48. The Bertz CT molecular complexity index is 995.